The smallest absolute Gasteiger partial charge is 0.303 e. The molecule has 2 heterocycles. The molecule has 27 heavy (non-hydrogen) atoms. The van der Waals surface area contributed by atoms with Crippen molar-refractivity contribution in [2.24, 2.45) is 0 Å². The SMILES string of the molecule is COc1cc(OC)cc(C(OC(C)=O)C(=O)c2ccc(-c3cccs3)s2)c1. The average Bonchev–Trinajstić information content (AvgIpc) is 3.36. The Kier molecular flexibility index (Phi) is 5.93. The molecule has 0 aliphatic heterocycles. The van der Waals surface area contributed by atoms with Gasteiger partial charge in [0.1, 0.15) is 11.5 Å². The molecule has 1 aromatic carbocycles. The van der Waals surface area contributed by atoms with Gasteiger partial charge in [0.2, 0.25) is 5.78 Å². The van der Waals surface area contributed by atoms with Gasteiger partial charge in [0, 0.05) is 28.3 Å². The van der Waals surface area contributed by atoms with E-state index in [-0.39, 0.29) is 5.78 Å². The number of ketones is 1. The van der Waals surface area contributed by atoms with Crippen LogP contribution in [0.3, 0.4) is 0 Å². The standard InChI is InChI=1S/C20H18O5S2/c1-12(21)25-20(13-9-14(23-2)11-15(10-13)24-3)19(22)18-7-6-17(27-18)16-5-4-8-26-16/h4-11,20H,1-3H3. The number of carbonyl (C=O) groups is 2. The van der Waals surface area contributed by atoms with Crippen LogP contribution in [0.5, 0.6) is 11.5 Å². The summed E-state index contributed by atoms with van der Waals surface area (Å²) in [5.41, 5.74) is 0.498. The minimum atomic E-state index is -1.07. The normalized spacial score (nSPS) is 11.7. The number of hydrogen-bond donors (Lipinski definition) is 0. The first-order chi connectivity index (χ1) is 13.0. The maximum Gasteiger partial charge on any atom is 0.303 e. The first-order valence-electron chi connectivity index (χ1n) is 8.10. The third-order valence-electron chi connectivity index (χ3n) is 3.81. The topological polar surface area (TPSA) is 61.8 Å². The van der Waals surface area contributed by atoms with Gasteiger partial charge in [-0.1, -0.05) is 6.07 Å². The number of rotatable bonds is 7. The molecule has 0 aliphatic carbocycles. The Labute approximate surface area is 165 Å². The lowest BCUT2D eigenvalue weighted by atomic mass is 10.0. The molecule has 0 saturated heterocycles. The fourth-order valence-electron chi connectivity index (χ4n) is 2.57. The Morgan fingerprint density at radius 3 is 2.22 bits per heavy atom. The van der Waals surface area contributed by atoms with Crippen LogP contribution in [0.4, 0.5) is 0 Å². The number of hydrogen-bond acceptors (Lipinski definition) is 7. The third kappa shape index (κ3) is 4.37. The van der Waals surface area contributed by atoms with Crippen molar-refractivity contribution in [2.75, 3.05) is 14.2 Å². The highest BCUT2D eigenvalue weighted by molar-refractivity contribution is 7.22. The summed E-state index contributed by atoms with van der Waals surface area (Å²) in [4.78, 5) is 27.4. The summed E-state index contributed by atoms with van der Waals surface area (Å²) >= 11 is 2.98. The largest absolute Gasteiger partial charge is 0.497 e. The van der Waals surface area contributed by atoms with E-state index in [0.29, 0.717) is 21.9 Å². The summed E-state index contributed by atoms with van der Waals surface area (Å²) in [6.45, 7) is 1.28. The zero-order chi connectivity index (χ0) is 19.4. The van der Waals surface area contributed by atoms with E-state index in [1.807, 2.05) is 23.6 Å². The Balaban J connectivity index is 1.97. The fraction of sp³-hybridized carbons (Fsp3) is 0.200. The van der Waals surface area contributed by atoms with Gasteiger partial charge in [-0.3, -0.25) is 9.59 Å². The van der Waals surface area contributed by atoms with E-state index < -0.39 is 12.1 Å². The predicted octanol–water partition coefficient (Wildman–Crippen LogP) is 4.98. The van der Waals surface area contributed by atoms with Crippen LogP contribution in [0.1, 0.15) is 28.3 Å². The number of esters is 1. The molecule has 0 fully saturated rings. The minimum absolute atomic E-state index is 0.284. The van der Waals surface area contributed by atoms with Crippen molar-refractivity contribution >= 4 is 34.4 Å². The second kappa shape index (κ2) is 8.37. The van der Waals surface area contributed by atoms with Gasteiger partial charge in [-0.25, -0.2) is 0 Å². The average molecular weight is 402 g/mol. The van der Waals surface area contributed by atoms with E-state index in [1.165, 1.54) is 32.5 Å². The van der Waals surface area contributed by atoms with Crippen LogP contribution in [0.2, 0.25) is 0 Å². The summed E-state index contributed by atoms with van der Waals surface area (Å²) < 4.78 is 15.9. The lowest BCUT2D eigenvalue weighted by molar-refractivity contribution is -0.144. The Hall–Kier alpha value is -2.64. The molecule has 0 amide bonds. The number of carbonyl (C=O) groups excluding carboxylic acids is 2. The van der Waals surface area contributed by atoms with Gasteiger partial charge in [0.15, 0.2) is 6.10 Å². The summed E-state index contributed by atoms with van der Waals surface area (Å²) in [7, 11) is 3.04. The van der Waals surface area contributed by atoms with Crippen molar-refractivity contribution in [1.82, 2.24) is 0 Å². The molecule has 140 valence electrons. The highest BCUT2D eigenvalue weighted by Gasteiger charge is 2.28. The molecule has 0 bridgehead atoms. The first kappa shape index (κ1) is 19.1. The quantitative estimate of drug-likeness (QED) is 0.412. The molecule has 5 nitrogen and oxygen atoms in total. The van der Waals surface area contributed by atoms with Crippen LogP contribution < -0.4 is 9.47 Å². The molecule has 0 saturated carbocycles. The molecule has 0 N–H and O–H groups in total. The molecule has 1 atom stereocenters. The van der Waals surface area contributed by atoms with Crippen LogP contribution in [0, 0.1) is 0 Å². The summed E-state index contributed by atoms with van der Waals surface area (Å²) in [6, 6.07) is 12.7. The van der Waals surface area contributed by atoms with Gasteiger partial charge in [-0.2, -0.15) is 0 Å². The number of benzene rings is 1. The second-order valence-corrected chi connectivity index (χ2v) is 7.67. The van der Waals surface area contributed by atoms with Gasteiger partial charge in [0.05, 0.1) is 19.1 Å². The van der Waals surface area contributed by atoms with Crippen LogP contribution in [0.25, 0.3) is 9.75 Å². The van der Waals surface area contributed by atoms with Gasteiger partial charge in [-0.15, -0.1) is 22.7 Å². The number of ether oxygens (including phenoxy) is 3. The molecule has 2 aromatic heterocycles. The van der Waals surface area contributed by atoms with Crippen LogP contribution in [-0.4, -0.2) is 26.0 Å². The molecule has 0 aliphatic rings. The first-order valence-corrected chi connectivity index (χ1v) is 9.79. The lowest BCUT2D eigenvalue weighted by Crippen LogP contribution is -2.18. The second-order valence-electron chi connectivity index (χ2n) is 5.64. The van der Waals surface area contributed by atoms with Crippen LogP contribution in [0.15, 0.2) is 47.8 Å². The lowest BCUT2D eigenvalue weighted by Gasteiger charge is -2.17. The monoisotopic (exact) mass is 402 g/mol. The Morgan fingerprint density at radius 2 is 1.67 bits per heavy atom. The molecule has 0 spiro atoms. The maximum atomic E-state index is 13.1. The zero-order valence-electron chi connectivity index (χ0n) is 15.1. The summed E-state index contributed by atoms with van der Waals surface area (Å²) in [6.07, 6.45) is -1.07. The molecule has 1 unspecified atom stereocenters. The minimum Gasteiger partial charge on any atom is -0.497 e. The van der Waals surface area contributed by atoms with Gasteiger partial charge in [-0.05, 0) is 35.7 Å². The molecule has 0 radical (unpaired) electrons. The number of Topliss-reactive ketones (excluding diaryl/α,β-unsaturated/α-hetero) is 1. The van der Waals surface area contributed by atoms with Crippen LogP contribution in [-0.2, 0) is 9.53 Å². The Bertz CT molecular complexity index is 921. The third-order valence-corrected chi connectivity index (χ3v) is 5.98. The molecule has 7 heteroatoms. The maximum absolute atomic E-state index is 13.1. The Morgan fingerprint density at radius 1 is 0.963 bits per heavy atom. The van der Waals surface area contributed by atoms with Crippen molar-refractivity contribution in [3.8, 4) is 21.3 Å². The highest BCUT2D eigenvalue weighted by Crippen LogP contribution is 2.35. The van der Waals surface area contributed by atoms with Gasteiger partial charge < -0.3 is 14.2 Å². The van der Waals surface area contributed by atoms with Crippen LogP contribution >= 0.6 is 22.7 Å². The van der Waals surface area contributed by atoms with E-state index in [9.17, 15) is 9.59 Å². The van der Waals surface area contributed by atoms with Crippen molar-refractivity contribution < 1.29 is 23.8 Å². The van der Waals surface area contributed by atoms with Gasteiger partial charge >= 0.3 is 5.97 Å². The van der Waals surface area contributed by atoms with E-state index >= 15 is 0 Å². The van der Waals surface area contributed by atoms with E-state index in [4.69, 9.17) is 14.2 Å². The van der Waals surface area contributed by atoms with E-state index in [0.717, 1.165) is 9.75 Å². The van der Waals surface area contributed by atoms with E-state index in [1.54, 1.807) is 35.6 Å². The van der Waals surface area contributed by atoms with E-state index in [2.05, 4.69) is 0 Å². The van der Waals surface area contributed by atoms with Crippen molar-refractivity contribution in [3.63, 3.8) is 0 Å². The fourth-order valence-corrected chi connectivity index (χ4v) is 4.37. The summed E-state index contributed by atoms with van der Waals surface area (Å²) in [5.74, 6) is 0.206. The predicted molar refractivity (Wildman–Crippen MR) is 106 cm³/mol. The highest BCUT2D eigenvalue weighted by atomic mass is 32.1. The molecule has 3 aromatic rings. The molecular weight excluding hydrogens is 384 g/mol. The number of thiophene rings is 2. The molecular formula is C20H18O5S2. The van der Waals surface area contributed by atoms with Crippen molar-refractivity contribution in [3.05, 3.63) is 58.3 Å². The summed E-state index contributed by atoms with van der Waals surface area (Å²) in [5, 5.41) is 1.99. The van der Waals surface area contributed by atoms with Crippen molar-refractivity contribution in [2.45, 2.75) is 13.0 Å². The number of methoxy groups -OCH3 is 2. The zero-order valence-corrected chi connectivity index (χ0v) is 16.7. The van der Waals surface area contributed by atoms with Gasteiger partial charge in [0.25, 0.3) is 0 Å². The molecule has 3 rings (SSSR count). The van der Waals surface area contributed by atoms with Crippen molar-refractivity contribution in [1.29, 1.82) is 0 Å².